The smallest absolute Gasteiger partial charge is 0.240 e. The quantitative estimate of drug-likeness (QED) is 0.639. The first kappa shape index (κ1) is 11.5. The van der Waals surface area contributed by atoms with Crippen molar-refractivity contribution in [1.29, 1.82) is 0 Å². The van der Waals surface area contributed by atoms with Gasteiger partial charge in [0.1, 0.15) is 5.75 Å². The van der Waals surface area contributed by atoms with Gasteiger partial charge in [0.25, 0.3) is 0 Å². The van der Waals surface area contributed by atoms with Crippen LogP contribution < -0.4 is 25.5 Å². The van der Waals surface area contributed by atoms with Crippen LogP contribution in [0.4, 0.5) is 5.95 Å². The minimum atomic E-state index is 0.229. The molecule has 0 fully saturated rings. The van der Waals surface area contributed by atoms with Crippen molar-refractivity contribution < 1.29 is 14.2 Å². The Balaban J connectivity index is 1.88. The summed E-state index contributed by atoms with van der Waals surface area (Å²) in [5, 5.41) is 0. The Bertz CT molecular complexity index is 618. The average Bonchev–Trinajstić information content (AvgIpc) is 2.89. The second-order valence-electron chi connectivity index (χ2n) is 3.94. The van der Waals surface area contributed by atoms with E-state index in [2.05, 4.69) is 15.4 Å². The zero-order valence-electron chi connectivity index (χ0n) is 10.2. The standard InChI is InChI=1S/C12H12N4O3/c1-7-5-14-12(16-13)15-11(7)19-8-2-3-9-10(4-8)18-6-17-9/h2-5H,6,13H2,1H3,(H,14,15,16). The number of aryl methyl sites for hydroxylation is 1. The largest absolute Gasteiger partial charge is 0.454 e. The van der Waals surface area contributed by atoms with Gasteiger partial charge in [0, 0.05) is 17.8 Å². The number of hydrogen-bond acceptors (Lipinski definition) is 7. The molecular weight excluding hydrogens is 248 g/mol. The molecule has 98 valence electrons. The summed E-state index contributed by atoms with van der Waals surface area (Å²) in [4.78, 5) is 8.12. The van der Waals surface area contributed by atoms with Gasteiger partial charge in [-0.15, -0.1) is 0 Å². The number of rotatable bonds is 3. The van der Waals surface area contributed by atoms with E-state index >= 15 is 0 Å². The van der Waals surface area contributed by atoms with Crippen molar-refractivity contribution in [3.63, 3.8) is 0 Å². The SMILES string of the molecule is Cc1cnc(NN)nc1Oc1ccc2c(c1)OCO2. The van der Waals surface area contributed by atoms with E-state index in [1.54, 1.807) is 24.4 Å². The Morgan fingerprint density at radius 3 is 3.00 bits per heavy atom. The number of nitrogens with zero attached hydrogens (tertiary/aromatic N) is 2. The highest BCUT2D eigenvalue weighted by Gasteiger charge is 2.15. The van der Waals surface area contributed by atoms with E-state index in [0.717, 1.165) is 5.56 Å². The first-order valence-corrected chi connectivity index (χ1v) is 5.64. The summed E-state index contributed by atoms with van der Waals surface area (Å²) in [7, 11) is 0. The van der Waals surface area contributed by atoms with Crippen molar-refractivity contribution in [3.05, 3.63) is 30.0 Å². The lowest BCUT2D eigenvalue weighted by molar-refractivity contribution is 0.174. The van der Waals surface area contributed by atoms with Gasteiger partial charge in [-0.1, -0.05) is 0 Å². The third-order valence-electron chi connectivity index (χ3n) is 2.61. The molecule has 0 spiro atoms. The van der Waals surface area contributed by atoms with Crippen LogP contribution in [0.2, 0.25) is 0 Å². The van der Waals surface area contributed by atoms with Crippen LogP contribution in [0.1, 0.15) is 5.56 Å². The molecule has 0 unspecified atom stereocenters. The van der Waals surface area contributed by atoms with Gasteiger partial charge in [-0.2, -0.15) is 4.98 Å². The van der Waals surface area contributed by atoms with Crippen LogP contribution in [-0.2, 0) is 0 Å². The average molecular weight is 260 g/mol. The second-order valence-corrected chi connectivity index (χ2v) is 3.94. The molecule has 0 atom stereocenters. The maximum Gasteiger partial charge on any atom is 0.240 e. The topological polar surface area (TPSA) is 91.5 Å². The highest BCUT2D eigenvalue weighted by atomic mass is 16.7. The van der Waals surface area contributed by atoms with Gasteiger partial charge in [0.05, 0.1) is 0 Å². The predicted molar refractivity (Wildman–Crippen MR) is 67.2 cm³/mol. The molecule has 0 saturated carbocycles. The number of anilines is 1. The number of ether oxygens (including phenoxy) is 3. The molecule has 2 heterocycles. The van der Waals surface area contributed by atoms with E-state index < -0.39 is 0 Å². The summed E-state index contributed by atoms with van der Waals surface area (Å²) < 4.78 is 16.2. The van der Waals surface area contributed by atoms with Gasteiger partial charge in [-0.25, -0.2) is 10.8 Å². The molecule has 19 heavy (non-hydrogen) atoms. The van der Waals surface area contributed by atoms with Gasteiger partial charge in [0.15, 0.2) is 11.5 Å². The first-order chi connectivity index (χ1) is 9.26. The van der Waals surface area contributed by atoms with E-state index in [9.17, 15) is 0 Å². The monoisotopic (exact) mass is 260 g/mol. The zero-order valence-corrected chi connectivity index (χ0v) is 10.2. The summed E-state index contributed by atoms with van der Waals surface area (Å²) in [5.74, 6) is 7.96. The van der Waals surface area contributed by atoms with Crippen LogP contribution in [0.15, 0.2) is 24.4 Å². The molecule has 7 heteroatoms. The number of hydrazine groups is 1. The van der Waals surface area contributed by atoms with E-state index in [4.69, 9.17) is 20.1 Å². The van der Waals surface area contributed by atoms with E-state index in [1.807, 2.05) is 6.92 Å². The summed E-state index contributed by atoms with van der Waals surface area (Å²) in [6, 6.07) is 5.32. The second kappa shape index (κ2) is 4.62. The van der Waals surface area contributed by atoms with Gasteiger partial charge in [-0.3, -0.25) is 5.43 Å². The lowest BCUT2D eigenvalue weighted by Gasteiger charge is -2.09. The van der Waals surface area contributed by atoms with Gasteiger partial charge < -0.3 is 14.2 Å². The van der Waals surface area contributed by atoms with E-state index in [0.29, 0.717) is 29.1 Å². The fraction of sp³-hybridized carbons (Fsp3) is 0.167. The molecule has 1 aliphatic heterocycles. The van der Waals surface area contributed by atoms with Crippen LogP contribution in [0.3, 0.4) is 0 Å². The van der Waals surface area contributed by atoms with E-state index in [-0.39, 0.29) is 6.79 Å². The first-order valence-electron chi connectivity index (χ1n) is 5.64. The lowest BCUT2D eigenvalue weighted by atomic mass is 10.3. The zero-order chi connectivity index (χ0) is 13.2. The summed E-state index contributed by atoms with van der Waals surface area (Å²) in [6.07, 6.45) is 1.63. The van der Waals surface area contributed by atoms with Crippen molar-refractivity contribution in [2.24, 2.45) is 5.84 Å². The molecule has 1 aromatic carbocycles. The Kier molecular flexibility index (Phi) is 2.81. The van der Waals surface area contributed by atoms with Crippen LogP contribution in [0.5, 0.6) is 23.1 Å². The molecule has 7 nitrogen and oxygen atoms in total. The third-order valence-corrected chi connectivity index (χ3v) is 2.61. The fourth-order valence-corrected chi connectivity index (χ4v) is 1.65. The number of benzene rings is 1. The maximum atomic E-state index is 5.69. The minimum Gasteiger partial charge on any atom is -0.454 e. The molecule has 1 aromatic heterocycles. The van der Waals surface area contributed by atoms with Gasteiger partial charge in [0.2, 0.25) is 18.6 Å². The van der Waals surface area contributed by atoms with Crippen molar-refractivity contribution in [2.45, 2.75) is 6.92 Å². The molecular formula is C12H12N4O3. The molecule has 0 aliphatic carbocycles. The van der Waals surface area contributed by atoms with Crippen molar-refractivity contribution >= 4 is 5.95 Å². The van der Waals surface area contributed by atoms with Crippen molar-refractivity contribution in [3.8, 4) is 23.1 Å². The van der Waals surface area contributed by atoms with Gasteiger partial charge >= 0.3 is 0 Å². The molecule has 2 aromatic rings. The Labute approximate surface area is 109 Å². The number of aromatic nitrogens is 2. The summed E-state index contributed by atoms with van der Waals surface area (Å²) >= 11 is 0. The molecule has 0 amide bonds. The van der Waals surface area contributed by atoms with Crippen LogP contribution in [0.25, 0.3) is 0 Å². The van der Waals surface area contributed by atoms with Crippen molar-refractivity contribution in [2.75, 3.05) is 12.2 Å². The minimum absolute atomic E-state index is 0.229. The molecule has 1 aliphatic rings. The Hall–Kier alpha value is -2.54. The molecule has 3 N–H and O–H groups in total. The molecule has 3 rings (SSSR count). The molecule has 0 bridgehead atoms. The third kappa shape index (κ3) is 2.23. The lowest BCUT2D eigenvalue weighted by Crippen LogP contribution is -2.11. The number of nitrogens with one attached hydrogen (secondary N) is 1. The summed E-state index contributed by atoms with van der Waals surface area (Å²) in [5.41, 5.74) is 3.18. The number of fused-ring (bicyclic) bond motifs is 1. The number of nitrogen functional groups attached to an aromatic ring is 1. The van der Waals surface area contributed by atoms with Crippen LogP contribution in [-0.4, -0.2) is 16.8 Å². The molecule has 0 radical (unpaired) electrons. The highest BCUT2D eigenvalue weighted by Crippen LogP contribution is 2.36. The van der Waals surface area contributed by atoms with Crippen molar-refractivity contribution in [1.82, 2.24) is 9.97 Å². The maximum absolute atomic E-state index is 5.69. The number of nitrogens with two attached hydrogens (primary N) is 1. The molecule has 0 saturated heterocycles. The Morgan fingerprint density at radius 2 is 2.16 bits per heavy atom. The number of hydrogen-bond donors (Lipinski definition) is 2. The summed E-state index contributed by atoms with van der Waals surface area (Å²) in [6.45, 7) is 2.08. The highest BCUT2D eigenvalue weighted by molar-refractivity contribution is 5.48. The van der Waals surface area contributed by atoms with Crippen LogP contribution in [0, 0.1) is 6.92 Å². The van der Waals surface area contributed by atoms with E-state index in [1.165, 1.54) is 0 Å². The fourth-order valence-electron chi connectivity index (χ4n) is 1.65. The van der Waals surface area contributed by atoms with Gasteiger partial charge in [-0.05, 0) is 19.1 Å². The van der Waals surface area contributed by atoms with Crippen LogP contribution >= 0.6 is 0 Å². The normalized spacial score (nSPS) is 12.3. The Morgan fingerprint density at radius 1 is 1.32 bits per heavy atom. The predicted octanol–water partition coefficient (Wildman–Crippen LogP) is 1.59.